The van der Waals surface area contributed by atoms with Gasteiger partial charge >= 0.3 is 0 Å². The zero-order chi connectivity index (χ0) is 10.8. The molecule has 1 fully saturated rings. The normalized spacial score (nSPS) is 35.0. The van der Waals surface area contributed by atoms with Crippen molar-refractivity contribution in [2.45, 2.75) is 12.7 Å². The quantitative estimate of drug-likeness (QED) is 0.347. The summed E-state index contributed by atoms with van der Waals surface area (Å²) >= 11 is 0. The Morgan fingerprint density at radius 1 is 1.79 bits per heavy atom. The Kier molecular flexibility index (Phi) is 3.13. The average Bonchev–Trinajstić information content (AvgIpc) is 2.66. The number of hydrogen-bond acceptors (Lipinski definition) is 5. The van der Waals surface area contributed by atoms with Gasteiger partial charge in [-0.2, -0.15) is 0 Å². The summed E-state index contributed by atoms with van der Waals surface area (Å²) in [4.78, 5) is 10.6. The standard InChI is InChI=1S/C9H15NO4/c1-6-8(5-12)9(6,13-4-3-11)14-7(2)10/h5-6,8,11H,2-4,10H2,1H3. The van der Waals surface area contributed by atoms with Crippen molar-refractivity contribution in [3.63, 3.8) is 0 Å². The third kappa shape index (κ3) is 1.73. The Bertz CT molecular complexity index is 243. The summed E-state index contributed by atoms with van der Waals surface area (Å²) in [7, 11) is 0. The van der Waals surface area contributed by atoms with Crippen molar-refractivity contribution >= 4 is 6.29 Å². The lowest BCUT2D eigenvalue weighted by molar-refractivity contribution is -0.166. The van der Waals surface area contributed by atoms with E-state index in [2.05, 4.69) is 6.58 Å². The first kappa shape index (κ1) is 11.0. The van der Waals surface area contributed by atoms with Crippen LogP contribution in [0.15, 0.2) is 12.5 Å². The number of carbonyl (C=O) groups excluding carboxylic acids is 1. The number of ether oxygens (including phenoxy) is 2. The van der Waals surface area contributed by atoms with Crippen molar-refractivity contribution in [2.75, 3.05) is 13.2 Å². The fourth-order valence-electron chi connectivity index (χ4n) is 1.57. The maximum Gasteiger partial charge on any atom is 0.225 e. The minimum atomic E-state index is -1.00. The molecule has 0 aromatic heterocycles. The molecule has 1 aliphatic carbocycles. The molecule has 80 valence electrons. The number of carbonyl (C=O) groups is 1. The Balaban J connectivity index is 2.63. The van der Waals surface area contributed by atoms with Gasteiger partial charge in [0.2, 0.25) is 5.79 Å². The Labute approximate surface area is 82.5 Å². The van der Waals surface area contributed by atoms with Crippen LogP contribution >= 0.6 is 0 Å². The molecule has 0 aliphatic heterocycles. The molecule has 3 N–H and O–H groups in total. The summed E-state index contributed by atoms with van der Waals surface area (Å²) in [5, 5.41) is 8.61. The maximum atomic E-state index is 10.6. The molecule has 0 bridgehead atoms. The second-order valence-electron chi connectivity index (χ2n) is 3.31. The van der Waals surface area contributed by atoms with E-state index in [0.717, 1.165) is 6.29 Å². The lowest BCUT2D eigenvalue weighted by Gasteiger charge is -2.19. The van der Waals surface area contributed by atoms with Gasteiger partial charge in [-0.15, -0.1) is 0 Å². The van der Waals surface area contributed by atoms with Crippen LogP contribution in [-0.2, 0) is 14.3 Å². The van der Waals surface area contributed by atoms with Crippen LogP contribution < -0.4 is 5.73 Å². The van der Waals surface area contributed by atoms with Crippen LogP contribution in [0.2, 0.25) is 0 Å². The largest absolute Gasteiger partial charge is 0.447 e. The lowest BCUT2D eigenvalue weighted by atomic mass is 10.4. The van der Waals surface area contributed by atoms with E-state index in [1.54, 1.807) is 0 Å². The fourth-order valence-corrected chi connectivity index (χ4v) is 1.57. The molecule has 0 aromatic carbocycles. The smallest absolute Gasteiger partial charge is 0.225 e. The molecule has 0 amide bonds. The molecule has 0 saturated heterocycles. The molecule has 1 rings (SSSR count). The Morgan fingerprint density at radius 3 is 2.79 bits per heavy atom. The number of aliphatic hydroxyl groups excluding tert-OH is 1. The van der Waals surface area contributed by atoms with Crippen molar-refractivity contribution in [3.05, 3.63) is 12.5 Å². The second-order valence-corrected chi connectivity index (χ2v) is 3.31. The topological polar surface area (TPSA) is 81.8 Å². The lowest BCUT2D eigenvalue weighted by Crippen LogP contribution is -2.27. The highest BCUT2D eigenvalue weighted by atomic mass is 16.7. The fraction of sp³-hybridized carbons (Fsp3) is 0.667. The van der Waals surface area contributed by atoms with Gasteiger partial charge in [0.05, 0.1) is 19.1 Å². The van der Waals surface area contributed by atoms with Gasteiger partial charge in [-0.25, -0.2) is 0 Å². The van der Waals surface area contributed by atoms with Crippen LogP contribution in [0.25, 0.3) is 0 Å². The van der Waals surface area contributed by atoms with E-state index in [1.165, 1.54) is 0 Å². The number of hydrogen-bond donors (Lipinski definition) is 2. The molecule has 0 aromatic rings. The van der Waals surface area contributed by atoms with Crippen molar-refractivity contribution in [1.82, 2.24) is 0 Å². The molecule has 5 nitrogen and oxygen atoms in total. The average molecular weight is 201 g/mol. The van der Waals surface area contributed by atoms with Gasteiger partial charge in [-0.05, 0) is 6.58 Å². The van der Waals surface area contributed by atoms with E-state index in [1.807, 2.05) is 6.92 Å². The van der Waals surface area contributed by atoms with Crippen LogP contribution in [-0.4, -0.2) is 30.4 Å². The highest BCUT2D eigenvalue weighted by molar-refractivity contribution is 5.62. The van der Waals surface area contributed by atoms with Crippen LogP contribution in [0.5, 0.6) is 0 Å². The van der Waals surface area contributed by atoms with Crippen LogP contribution in [0, 0.1) is 11.8 Å². The van der Waals surface area contributed by atoms with Gasteiger partial charge in [-0.1, -0.05) is 6.92 Å². The summed E-state index contributed by atoms with van der Waals surface area (Å²) in [5.74, 6) is -1.39. The third-order valence-electron chi connectivity index (χ3n) is 2.39. The van der Waals surface area contributed by atoms with E-state index in [0.29, 0.717) is 0 Å². The summed E-state index contributed by atoms with van der Waals surface area (Å²) in [6.45, 7) is 5.20. The van der Waals surface area contributed by atoms with Crippen LogP contribution in [0.3, 0.4) is 0 Å². The number of rotatable bonds is 6. The van der Waals surface area contributed by atoms with Crippen LogP contribution in [0.4, 0.5) is 0 Å². The van der Waals surface area contributed by atoms with E-state index < -0.39 is 5.79 Å². The molecule has 5 heteroatoms. The van der Waals surface area contributed by atoms with E-state index in [-0.39, 0.29) is 30.9 Å². The Morgan fingerprint density at radius 2 is 2.43 bits per heavy atom. The van der Waals surface area contributed by atoms with Gasteiger partial charge in [-0.3, -0.25) is 0 Å². The zero-order valence-corrected chi connectivity index (χ0v) is 8.10. The first-order valence-corrected chi connectivity index (χ1v) is 4.42. The van der Waals surface area contributed by atoms with E-state index in [9.17, 15) is 4.79 Å². The summed E-state index contributed by atoms with van der Waals surface area (Å²) in [5.41, 5.74) is 5.29. The third-order valence-corrected chi connectivity index (χ3v) is 2.39. The molecular formula is C9H15NO4. The molecule has 1 aliphatic rings. The molecule has 0 spiro atoms. The predicted octanol–water partition coefficient (Wildman–Crippen LogP) is -0.397. The van der Waals surface area contributed by atoms with Gasteiger partial charge in [0.15, 0.2) is 5.88 Å². The SMILES string of the molecule is C=C(N)OC1(OCCO)C(C)C1C=O. The monoisotopic (exact) mass is 201 g/mol. The van der Waals surface area contributed by atoms with Crippen molar-refractivity contribution < 1.29 is 19.4 Å². The Hall–Kier alpha value is -1.07. The number of aldehydes is 1. The van der Waals surface area contributed by atoms with Gasteiger partial charge in [0, 0.05) is 5.92 Å². The summed E-state index contributed by atoms with van der Waals surface area (Å²) < 4.78 is 10.5. The van der Waals surface area contributed by atoms with Crippen molar-refractivity contribution in [2.24, 2.45) is 17.6 Å². The zero-order valence-electron chi connectivity index (χ0n) is 8.10. The number of aliphatic hydroxyl groups is 1. The maximum absolute atomic E-state index is 10.6. The minimum absolute atomic E-state index is 0.0131. The first-order chi connectivity index (χ1) is 6.58. The number of nitrogens with two attached hydrogens (primary N) is 1. The summed E-state index contributed by atoms with van der Waals surface area (Å²) in [6.07, 6.45) is 0.769. The molecular weight excluding hydrogens is 186 g/mol. The van der Waals surface area contributed by atoms with Gasteiger partial charge in [0.25, 0.3) is 0 Å². The molecule has 0 radical (unpaired) electrons. The van der Waals surface area contributed by atoms with Crippen molar-refractivity contribution in [3.8, 4) is 0 Å². The molecule has 3 unspecified atom stereocenters. The highest BCUT2D eigenvalue weighted by Gasteiger charge is 2.67. The van der Waals surface area contributed by atoms with E-state index in [4.69, 9.17) is 20.3 Å². The predicted molar refractivity (Wildman–Crippen MR) is 48.9 cm³/mol. The minimum Gasteiger partial charge on any atom is -0.447 e. The second kappa shape index (κ2) is 3.98. The van der Waals surface area contributed by atoms with Gasteiger partial charge in [0.1, 0.15) is 6.29 Å². The van der Waals surface area contributed by atoms with Crippen molar-refractivity contribution in [1.29, 1.82) is 0 Å². The highest BCUT2D eigenvalue weighted by Crippen LogP contribution is 2.53. The van der Waals surface area contributed by atoms with Crippen LogP contribution in [0.1, 0.15) is 6.92 Å². The molecule has 0 heterocycles. The molecule has 14 heavy (non-hydrogen) atoms. The van der Waals surface area contributed by atoms with Gasteiger partial charge < -0.3 is 25.1 Å². The first-order valence-electron chi connectivity index (χ1n) is 4.42. The van der Waals surface area contributed by atoms with E-state index >= 15 is 0 Å². The molecule has 3 atom stereocenters. The molecule has 1 saturated carbocycles. The summed E-state index contributed by atoms with van der Waals surface area (Å²) in [6, 6.07) is 0.